The summed E-state index contributed by atoms with van der Waals surface area (Å²) in [6, 6.07) is 5.98. The number of carbonyl (C=O) groups excluding carboxylic acids is 1. The number of amides is 1. The van der Waals surface area contributed by atoms with E-state index in [4.69, 9.17) is 11.2 Å². The lowest BCUT2D eigenvalue weighted by Crippen LogP contribution is -2.29. The van der Waals surface area contributed by atoms with Crippen LogP contribution in [0, 0.1) is 12.3 Å². The summed E-state index contributed by atoms with van der Waals surface area (Å²) >= 11 is 3.42. The lowest BCUT2D eigenvalue weighted by Gasteiger charge is -2.18. The number of rotatable bonds is 8. The summed E-state index contributed by atoms with van der Waals surface area (Å²) in [5.41, 5.74) is 1.02. The molecule has 1 unspecified atom stereocenters. The van der Waals surface area contributed by atoms with Crippen molar-refractivity contribution in [3.63, 3.8) is 0 Å². The van der Waals surface area contributed by atoms with Gasteiger partial charge in [0.2, 0.25) is 0 Å². The van der Waals surface area contributed by atoms with Crippen LogP contribution >= 0.6 is 15.9 Å². The monoisotopic (exact) mass is 352 g/mol. The molecule has 0 heterocycles. The summed E-state index contributed by atoms with van der Waals surface area (Å²) < 4.78 is 6.54. The van der Waals surface area contributed by atoms with Crippen LogP contribution in [0.3, 0.4) is 0 Å². The first-order valence-corrected chi connectivity index (χ1v) is 7.73. The van der Waals surface area contributed by atoms with Crippen molar-refractivity contribution < 1.29 is 9.53 Å². The maximum absolute atomic E-state index is 11.6. The van der Waals surface area contributed by atoms with Gasteiger partial charge in [0.05, 0.1) is 6.54 Å². The molecule has 1 aromatic rings. The Balaban J connectivity index is 2.73. The minimum atomic E-state index is -0.229. The van der Waals surface area contributed by atoms with Crippen LogP contribution in [0.2, 0.25) is 0 Å². The Labute approximate surface area is 134 Å². The molecule has 0 aromatic heterocycles. The number of halogens is 1. The number of terminal acetylenes is 1. The third-order valence-corrected chi connectivity index (χ3v) is 3.38. The van der Waals surface area contributed by atoms with Crippen LogP contribution in [0.4, 0.5) is 0 Å². The van der Waals surface area contributed by atoms with Crippen LogP contribution in [0.1, 0.15) is 31.9 Å². The Kier molecular flexibility index (Phi) is 7.88. The molecule has 0 radical (unpaired) electrons. The molecule has 1 amide bonds. The predicted molar refractivity (Wildman–Crippen MR) is 88.2 cm³/mol. The van der Waals surface area contributed by atoms with Crippen molar-refractivity contribution in [3.8, 4) is 18.1 Å². The average Bonchev–Trinajstić information content (AvgIpc) is 2.48. The fraction of sp³-hybridized carbons (Fsp3) is 0.438. The maximum atomic E-state index is 11.6. The highest BCUT2D eigenvalue weighted by Crippen LogP contribution is 2.28. The molecular weight excluding hydrogens is 332 g/mol. The molecule has 114 valence electrons. The van der Waals surface area contributed by atoms with Crippen molar-refractivity contribution in [1.29, 1.82) is 0 Å². The molecule has 0 saturated carbocycles. The Morgan fingerprint density at radius 3 is 2.95 bits per heavy atom. The van der Waals surface area contributed by atoms with E-state index in [1.807, 2.05) is 18.2 Å². The van der Waals surface area contributed by atoms with E-state index in [2.05, 4.69) is 46.3 Å². The average molecular weight is 353 g/mol. The fourth-order valence-electron chi connectivity index (χ4n) is 1.81. The molecule has 1 atom stereocenters. The summed E-state index contributed by atoms with van der Waals surface area (Å²) in [5, 5.41) is 5.98. The lowest BCUT2D eigenvalue weighted by atomic mass is 10.1. The SMILES string of the molecule is C#CCNC(=O)COc1cc(Br)ccc1C(C)NCCC. The Morgan fingerprint density at radius 2 is 2.29 bits per heavy atom. The smallest absolute Gasteiger partial charge is 0.258 e. The highest BCUT2D eigenvalue weighted by Gasteiger charge is 2.13. The summed E-state index contributed by atoms with van der Waals surface area (Å²) in [6.07, 6.45) is 6.16. The van der Waals surface area contributed by atoms with E-state index in [1.165, 1.54) is 0 Å². The second-order valence-electron chi connectivity index (χ2n) is 4.63. The van der Waals surface area contributed by atoms with Gasteiger partial charge in [-0.3, -0.25) is 4.79 Å². The number of benzene rings is 1. The zero-order chi connectivity index (χ0) is 15.7. The summed E-state index contributed by atoms with van der Waals surface area (Å²) in [7, 11) is 0. The van der Waals surface area contributed by atoms with Gasteiger partial charge in [-0.05, 0) is 32.0 Å². The van der Waals surface area contributed by atoms with Crippen molar-refractivity contribution in [3.05, 3.63) is 28.2 Å². The standard InChI is InChI=1S/C16H21BrN2O2/c1-4-8-18-12(3)14-7-6-13(17)10-15(14)21-11-16(20)19-9-5-2/h2,6-7,10,12,18H,4,8-9,11H2,1,3H3,(H,19,20). The second-order valence-corrected chi connectivity index (χ2v) is 5.54. The van der Waals surface area contributed by atoms with Gasteiger partial charge in [0, 0.05) is 16.1 Å². The van der Waals surface area contributed by atoms with E-state index in [-0.39, 0.29) is 25.1 Å². The first-order chi connectivity index (χ1) is 10.1. The van der Waals surface area contributed by atoms with E-state index in [9.17, 15) is 4.79 Å². The first-order valence-electron chi connectivity index (χ1n) is 6.94. The summed E-state index contributed by atoms with van der Waals surface area (Å²) in [4.78, 5) is 11.6. The van der Waals surface area contributed by atoms with Gasteiger partial charge in [-0.2, -0.15) is 0 Å². The quantitative estimate of drug-likeness (QED) is 0.707. The first kappa shape index (κ1) is 17.5. The fourth-order valence-corrected chi connectivity index (χ4v) is 2.15. The minimum Gasteiger partial charge on any atom is -0.483 e. The normalized spacial score (nSPS) is 11.5. The highest BCUT2D eigenvalue weighted by molar-refractivity contribution is 9.10. The molecule has 21 heavy (non-hydrogen) atoms. The van der Waals surface area contributed by atoms with Crippen LogP contribution in [0.25, 0.3) is 0 Å². The van der Waals surface area contributed by atoms with Crippen molar-refractivity contribution >= 4 is 21.8 Å². The molecule has 2 N–H and O–H groups in total. The van der Waals surface area contributed by atoms with Crippen molar-refractivity contribution in [2.75, 3.05) is 19.7 Å². The number of ether oxygens (including phenoxy) is 1. The predicted octanol–water partition coefficient (Wildman–Crippen LogP) is 2.64. The molecular formula is C16H21BrN2O2. The van der Waals surface area contributed by atoms with Gasteiger partial charge in [-0.1, -0.05) is 34.8 Å². The molecule has 0 fully saturated rings. The van der Waals surface area contributed by atoms with E-state index in [1.54, 1.807) is 0 Å². The zero-order valence-corrected chi connectivity index (χ0v) is 14.0. The molecule has 1 rings (SSSR count). The Bertz CT molecular complexity index is 511. The Hall–Kier alpha value is -1.51. The van der Waals surface area contributed by atoms with Crippen molar-refractivity contribution in [1.82, 2.24) is 10.6 Å². The lowest BCUT2D eigenvalue weighted by molar-refractivity contribution is -0.122. The number of hydrogen-bond donors (Lipinski definition) is 2. The third kappa shape index (κ3) is 6.19. The maximum Gasteiger partial charge on any atom is 0.258 e. The van der Waals surface area contributed by atoms with Crippen molar-refractivity contribution in [2.45, 2.75) is 26.3 Å². The second kappa shape index (κ2) is 9.43. The largest absolute Gasteiger partial charge is 0.483 e. The molecule has 0 aliphatic heterocycles. The molecule has 5 heteroatoms. The van der Waals surface area contributed by atoms with E-state index < -0.39 is 0 Å². The minimum absolute atomic E-state index is 0.0500. The van der Waals surface area contributed by atoms with Gasteiger partial charge in [-0.15, -0.1) is 6.42 Å². The zero-order valence-electron chi connectivity index (χ0n) is 12.4. The van der Waals surface area contributed by atoms with Gasteiger partial charge in [-0.25, -0.2) is 0 Å². The van der Waals surface area contributed by atoms with Gasteiger partial charge in [0.15, 0.2) is 6.61 Å². The molecule has 0 bridgehead atoms. The molecule has 1 aromatic carbocycles. The topological polar surface area (TPSA) is 50.4 Å². The number of hydrogen-bond acceptors (Lipinski definition) is 3. The highest BCUT2D eigenvalue weighted by atomic mass is 79.9. The molecule has 4 nitrogen and oxygen atoms in total. The number of nitrogens with one attached hydrogen (secondary N) is 2. The van der Waals surface area contributed by atoms with Gasteiger partial charge >= 0.3 is 0 Å². The van der Waals surface area contributed by atoms with Crippen LogP contribution in [-0.2, 0) is 4.79 Å². The summed E-state index contributed by atoms with van der Waals surface area (Å²) in [5.74, 6) is 2.82. The van der Waals surface area contributed by atoms with E-state index in [0.717, 1.165) is 23.0 Å². The van der Waals surface area contributed by atoms with Gasteiger partial charge in [0.25, 0.3) is 5.91 Å². The van der Waals surface area contributed by atoms with Crippen LogP contribution in [0.15, 0.2) is 22.7 Å². The van der Waals surface area contributed by atoms with Crippen LogP contribution < -0.4 is 15.4 Å². The summed E-state index contributed by atoms with van der Waals surface area (Å²) in [6.45, 7) is 5.28. The van der Waals surface area contributed by atoms with Crippen LogP contribution in [0.5, 0.6) is 5.75 Å². The van der Waals surface area contributed by atoms with E-state index in [0.29, 0.717) is 5.75 Å². The van der Waals surface area contributed by atoms with Crippen molar-refractivity contribution in [2.24, 2.45) is 0 Å². The van der Waals surface area contributed by atoms with Gasteiger partial charge in [0.1, 0.15) is 5.75 Å². The third-order valence-electron chi connectivity index (χ3n) is 2.89. The molecule has 0 aliphatic rings. The van der Waals surface area contributed by atoms with Gasteiger partial charge < -0.3 is 15.4 Å². The number of carbonyl (C=O) groups is 1. The Morgan fingerprint density at radius 1 is 1.52 bits per heavy atom. The molecule has 0 aliphatic carbocycles. The molecule has 0 spiro atoms. The van der Waals surface area contributed by atoms with Crippen LogP contribution in [-0.4, -0.2) is 25.6 Å². The van der Waals surface area contributed by atoms with E-state index >= 15 is 0 Å². The molecule has 0 saturated heterocycles.